The van der Waals surface area contributed by atoms with Crippen molar-refractivity contribution in [1.29, 1.82) is 0 Å². The van der Waals surface area contributed by atoms with Crippen LogP contribution in [-0.2, 0) is 5.75 Å². The van der Waals surface area contributed by atoms with Crippen LogP contribution in [0.1, 0.15) is 29.3 Å². The standard InChI is InChI=1S/C11H10BrFOS/c1-2-9-11(14)6-3-4-8(13)10(12)7(6)5-15-9/h3-4,9H,2,5H2,1H3. The van der Waals surface area contributed by atoms with E-state index in [-0.39, 0.29) is 16.9 Å². The Balaban J connectivity index is 2.50. The van der Waals surface area contributed by atoms with E-state index in [2.05, 4.69) is 15.9 Å². The van der Waals surface area contributed by atoms with Crippen LogP contribution in [0.3, 0.4) is 0 Å². The first kappa shape index (κ1) is 11.1. The molecule has 0 saturated heterocycles. The Hall–Kier alpha value is -0.350. The van der Waals surface area contributed by atoms with Gasteiger partial charge in [0.15, 0.2) is 5.78 Å². The third-order valence-corrected chi connectivity index (χ3v) is 4.82. The summed E-state index contributed by atoms with van der Waals surface area (Å²) in [5, 5.41) is 0.0369. The third-order valence-electron chi connectivity index (χ3n) is 2.55. The smallest absolute Gasteiger partial charge is 0.176 e. The second-order valence-electron chi connectivity index (χ2n) is 3.46. The Morgan fingerprint density at radius 3 is 3.00 bits per heavy atom. The molecule has 1 atom stereocenters. The lowest BCUT2D eigenvalue weighted by molar-refractivity contribution is 0.0985. The van der Waals surface area contributed by atoms with Gasteiger partial charge in [-0.1, -0.05) is 6.92 Å². The maximum atomic E-state index is 13.2. The second-order valence-corrected chi connectivity index (χ2v) is 5.44. The summed E-state index contributed by atoms with van der Waals surface area (Å²) in [6, 6.07) is 2.95. The van der Waals surface area contributed by atoms with Gasteiger partial charge in [0.1, 0.15) is 5.82 Å². The molecule has 15 heavy (non-hydrogen) atoms. The maximum absolute atomic E-state index is 13.2. The molecular formula is C11H10BrFOS. The molecule has 0 spiro atoms. The quantitative estimate of drug-likeness (QED) is 0.782. The average Bonchev–Trinajstić information content (AvgIpc) is 2.24. The van der Waals surface area contributed by atoms with Crippen molar-refractivity contribution in [2.75, 3.05) is 0 Å². The van der Waals surface area contributed by atoms with Gasteiger partial charge in [-0.15, -0.1) is 11.8 Å². The van der Waals surface area contributed by atoms with Crippen molar-refractivity contribution in [3.8, 4) is 0 Å². The van der Waals surface area contributed by atoms with Crippen LogP contribution in [0.2, 0.25) is 0 Å². The van der Waals surface area contributed by atoms with Crippen molar-refractivity contribution in [2.45, 2.75) is 24.3 Å². The van der Waals surface area contributed by atoms with E-state index in [0.29, 0.717) is 15.8 Å². The van der Waals surface area contributed by atoms with Crippen molar-refractivity contribution in [3.63, 3.8) is 0 Å². The zero-order valence-corrected chi connectivity index (χ0v) is 10.6. The molecule has 0 fully saturated rings. The van der Waals surface area contributed by atoms with Gasteiger partial charge >= 0.3 is 0 Å². The van der Waals surface area contributed by atoms with E-state index in [1.165, 1.54) is 6.07 Å². The summed E-state index contributed by atoms with van der Waals surface area (Å²) in [6.07, 6.45) is 0.831. The normalized spacial score (nSPS) is 20.2. The number of benzene rings is 1. The van der Waals surface area contributed by atoms with Crippen LogP contribution in [0.25, 0.3) is 0 Å². The zero-order chi connectivity index (χ0) is 11.0. The fraction of sp³-hybridized carbons (Fsp3) is 0.364. The number of fused-ring (bicyclic) bond motifs is 1. The van der Waals surface area contributed by atoms with Gasteiger partial charge < -0.3 is 0 Å². The fourth-order valence-corrected chi connectivity index (χ4v) is 3.55. The number of carbonyl (C=O) groups excluding carboxylic acids is 1. The largest absolute Gasteiger partial charge is 0.293 e. The van der Waals surface area contributed by atoms with Crippen LogP contribution in [0.5, 0.6) is 0 Å². The van der Waals surface area contributed by atoms with E-state index < -0.39 is 0 Å². The summed E-state index contributed by atoms with van der Waals surface area (Å²) in [7, 11) is 0. The Bertz CT molecular complexity index is 419. The minimum absolute atomic E-state index is 0.0369. The topological polar surface area (TPSA) is 17.1 Å². The predicted octanol–water partition coefficient (Wildman–Crippen LogP) is 3.80. The zero-order valence-electron chi connectivity index (χ0n) is 8.22. The van der Waals surface area contributed by atoms with Crippen LogP contribution < -0.4 is 0 Å². The maximum Gasteiger partial charge on any atom is 0.176 e. The van der Waals surface area contributed by atoms with Crippen LogP contribution in [-0.4, -0.2) is 11.0 Å². The summed E-state index contributed by atoms with van der Waals surface area (Å²) < 4.78 is 13.7. The Kier molecular flexibility index (Phi) is 3.16. The highest BCUT2D eigenvalue weighted by molar-refractivity contribution is 9.10. The van der Waals surface area contributed by atoms with Crippen molar-refractivity contribution >= 4 is 33.5 Å². The lowest BCUT2D eigenvalue weighted by Gasteiger charge is -2.22. The van der Waals surface area contributed by atoms with Gasteiger partial charge in [0.25, 0.3) is 0 Å². The number of Topliss-reactive ketones (excluding diaryl/α,β-unsaturated/α-hetero) is 1. The lowest BCUT2D eigenvalue weighted by atomic mass is 10.0. The van der Waals surface area contributed by atoms with Gasteiger partial charge in [0.2, 0.25) is 0 Å². The van der Waals surface area contributed by atoms with Gasteiger partial charge in [-0.25, -0.2) is 4.39 Å². The molecule has 4 heteroatoms. The van der Waals surface area contributed by atoms with Crippen molar-refractivity contribution in [2.24, 2.45) is 0 Å². The summed E-state index contributed by atoms with van der Waals surface area (Å²) in [5.74, 6) is 0.541. The number of ketones is 1. The van der Waals surface area contributed by atoms with Crippen molar-refractivity contribution in [3.05, 3.63) is 33.5 Å². The van der Waals surface area contributed by atoms with Gasteiger partial charge in [0, 0.05) is 11.3 Å². The van der Waals surface area contributed by atoms with Crippen LogP contribution in [0, 0.1) is 5.82 Å². The van der Waals surface area contributed by atoms with E-state index in [1.54, 1.807) is 17.8 Å². The molecule has 1 aromatic rings. The molecule has 0 aliphatic carbocycles. The van der Waals surface area contributed by atoms with Gasteiger partial charge in [-0.3, -0.25) is 4.79 Å². The molecular weight excluding hydrogens is 279 g/mol. The highest BCUT2D eigenvalue weighted by Crippen LogP contribution is 2.36. The molecule has 2 rings (SSSR count). The molecule has 1 heterocycles. The summed E-state index contributed by atoms with van der Waals surface area (Å²) in [5.41, 5.74) is 1.48. The third kappa shape index (κ3) is 1.85. The average molecular weight is 289 g/mol. The lowest BCUT2D eigenvalue weighted by Crippen LogP contribution is -2.23. The second kappa shape index (κ2) is 4.26. The van der Waals surface area contributed by atoms with E-state index in [1.807, 2.05) is 6.92 Å². The van der Waals surface area contributed by atoms with E-state index in [9.17, 15) is 9.18 Å². The monoisotopic (exact) mass is 288 g/mol. The SMILES string of the molecule is CCC1SCc2c(ccc(F)c2Br)C1=O. The van der Waals surface area contributed by atoms with Crippen LogP contribution in [0.15, 0.2) is 16.6 Å². The highest BCUT2D eigenvalue weighted by Gasteiger charge is 2.28. The minimum Gasteiger partial charge on any atom is -0.293 e. The van der Waals surface area contributed by atoms with Crippen LogP contribution in [0.4, 0.5) is 4.39 Å². The first-order valence-electron chi connectivity index (χ1n) is 4.77. The Morgan fingerprint density at radius 1 is 1.60 bits per heavy atom. The molecule has 0 aromatic heterocycles. The van der Waals surface area contributed by atoms with Gasteiger partial charge in [-0.05, 0) is 40.0 Å². The molecule has 1 aromatic carbocycles. The predicted molar refractivity (Wildman–Crippen MR) is 63.8 cm³/mol. The van der Waals surface area contributed by atoms with Gasteiger partial charge in [0.05, 0.1) is 9.72 Å². The number of rotatable bonds is 1. The van der Waals surface area contributed by atoms with Crippen molar-refractivity contribution < 1.29 is 9.18 Å². The molecule has 1 aliphatic heterocycles. The van der Waals surface area contributed by atoms with Crippen LogP contribution >= 0.6 is 27.7 Å². The summed E-state index contributed by atoms with van der Waals surface area (Å²) >= 11 is 4.79. The van der Waals surface area contributed by atoms with Gasteiger partial charge in [-0.2, -0.15) is 0 Å². The summed E-state index contributed by atoms with van der Waals surface area (Å²) in [4.78, 5) is 11.9. The molecule has 1 nitrogen and oxygen atoms in total. The fourth-order valence-electron chi connectivity index (χ4n) is 1.70. The molecule has 0 N–H and O–H groups in total. The first-order valence-corrected chi connectivity index (χ1v) is 6.62. The number of carbonyl (C=O) groups is 1. The van der Waals surface area contributed by atoms with Crippen molar-refractivity contribution in [1.82, 2.24) is 0 Å². The minimum atomic E-state index is -0.294. The molecule has 0 saturated carbocycles. The molecule has 0 amide bonds. The molecule has 0 bridgehead atoms. The molecule has 1 unspecified atom stereocenters. The summed E-state index contributed by atoms with van der Waals surface area (Å²) in [6.45, 7) is 2.00. The van der Waals surface area contributed by atoms with E-state index >= 15 is 0 Å². The highest BCUT2D eigenvalue weighted by atomic mass is 79.9. The molecule has 80 valence electrons. The number of halogens is 2. The first-order chi connectivity index (χ1) is 7.15. The Labute approximate surface area is 101 Å². The van der Waals surface area contributed by atoms with E-state index in [0.717, 1.165) is 12.0 Å². The van der Waals surface area contributed by atoms with E-state index in [4.69, 9.17) is 0 Å². The molecule has 0 radical (unpaired) electrons. The Morgan fingerprint density at radius 2 is 2.33 bits per heavy atom. The number of hydrogen-bond donors (Lipinski definition) is 0. The number of hydrogen-bond acceptors (Lipinski definition) is 2. The number of thioether (sulfide) groups is 1. The molecule has 1 aliphatic rings.